The molecule has 90 valence electrons. The van der Waals surface area contributed by atoms with Crippen molar-refractivity contribution >= 4 is 0 Å². The maximum Gasteiger partial charge on any atom is 0.0192 e. The number of nitrogens with one attached hydrogen (secondary N) is 1. The van der Waals surface area contributed by atoms with Crippen LogP contribution in [0.25, 0.3) is 0 Å². The minimum Gasteiger partial charge on any atom is -0.316 e. The molecule has 2 nitrogen and oxygen atoms in total. The molecule has 15 heavy (non-hydrogen) atoms. The first kappa shape index (κ1) is 13.0. The minimum atomic E-state index is 0.690. The monoisotopic (exact) mass is 212 g/mol. The van der Waals surface area contributed by atoms with E-state index in [4.69, 9.17) is 0 Å². The van der Waals surface area contributed by atoms with Crippen LogP contribution in [-0.4, -0.2) is 37.1 Å². The predicted molar refractivity (Wildman–Crippen MR) is 67.3 cm³/mol. The van der Waals surface area contributed by atoms with Crippen molar-refractivity contribution in [1.82, 2.24) is 10.2 Å². The van der Waals surface area contributed by atoms with Gasteiger partial charge in [0.15, 0.2) is 0 Å². The summed E-state index contributed by atoms with van der Waals surface area (Å²) in [4.78, 5) is 2.68. The molecule has 0 aromatic carbocycles. The van der Waals surface area contributed by atoms with E-state index in [1.807, 2.05) is 0 Å². The van der Waals surface area contributed by atoms with E-state index in [1.54, 1.807) is 0 Å². The molecular formula is C13H28N2. The molecule has 0 aromatic rings. The van der Waals surface area contributed by atoms with Gasteiger partial charge >= 0.3 is 0 Å². The highest BCUT2D eigenvalue weighted by molar-refractivity contribution is 4.76. The van der Waals surface area contributed by atoms with Gasteiger partial charge in [-0.1, -0.05) is 26.2 Å². The summed E-state index contributed by atoms with van der Waals surface area (Å²) < 4.78 is 0. The van der Waals surface area contributed by atoms with Crippen LogP contribution < -0.4 is 5.32 Å². The zero-order chi connectivity index (χ0) is 11.1. The van der Waals surface area contributed by atoms with Crippen LogP contribution >= 0.6 is 0 Å². The molecular weight excluding hydrogens is 184 g/mol. The van der Waals surface area contributed by atoms with E-state index in [2.05, 4.69) is 31.1 Å². The third kappa shape index (κ3) is 4.52. The number of hydrogen-bond donors (Lipinski definition) is 1. The van der Waals surface area contributed by atoms with E-state index < -0.39 is 0 Å². The van der Waals surface area contributed by atoms with E-state index in [0.29, 0.717) is 6.04 Å². The van der Waals surface area contributed by atoms with Gasteiger partial charge in [-0.15, -0.1) is 0 Å². The fourth-order valence-corrected chi connectivity index (χ4v) is 2.56. The van der Waals surface area contributed by atoms with Crippen molar-refractivity contribution in [2.75, 3.05) is 20.1 Å². The number of hydrogen-bond acceptors (Lipinski definition) is 2. The summed E-state index contributed by atoms with van der Waals surface area (Å²) in [5, 5.41) is 3.45. The van der Waals surface area contributed by atoms with Gasteiger partial charge in [0, 0.05) is 18.6 Å². The van der Waals surface area contributed by atoms with Crippen molar-refractivity contribution in [3.05, 3.63) is 0 Å². The first-order valence-electron chi connectivity index (χ1n) is 6.69. The van der Waals surface area contributed by atoms with Gasteiger partial charge < -0.3 is 5.32 Å². The topological polar surface area (TPSA) is 15.3 Å². The molecule has 0 aliphatic carbocycles. The number of nitrogens with zero attached hydrogens (tertiary/aromatic N) is 1. The zero-order valence-corrected chi connectivity index (χ0v) is 10.8. The molecule has 1 rings (SSSR count). The Labute approximate surface area is 95.4 Å². The Morgan fingerprint density at radius 2 is 2.13 bits per heavy atom. The third-order valence-electron chi connectivity index (χ3n) is 3.69. The fourth-order valence-electron chi connectivity index (χ4n) is 2.56. The molecule has 0 bridgehead atoms. The summed E-state index contributed by atoms with van der Waals surface area (Å²) in [6.07, 6.45) is 8.23. The molecule has 0 spiro atoms. The quantitative estimate of drug-likeness (QED) is 0.753. The van der Waals surface area contributed by atoms with E-state index in [-0.39, 0.29) is 0 Å². The average Bonchev–Trinajstić information content (AvgIpc) is 2.43. The highest BCUT2D eigenvalue weighted by Crippen LogP contribution is 2.17. The Hall–Kier alpha value is -0.0800. The van der Waals surface area contributed by atoms with Crippen LogP contribution in [0.5, 0.6) is 0 Å². The summed E-state index contributed by atoms with van der Waals surface area (Å²) in [6.45, 7) is 7.22. The molecule has 0 amide bonds. The molecule has 2 unspecified atom stereocenters. The minimum absolute atomic E-state index is 0.690. The predicted octanol–water partition coefficient (Wildman–Crippen LogP) is 2.64. The normalized spacial score (nSPS) is 26.2. The van der Waals surface area contributed by atoms with Crippen molar-refractivity contribution in [1.29, 1.82) is 0 Å². The van der Waals surface area contributed by atoms with Crippen LogP contribution in [0.15, 0.2) is 0 Å². The van der Waals surface area contributed by atoms with Gasteiger partial charge in [0.1, 0.15) is 0 Å². The van der Waals surface area contributed by atoms with Gasteiger partial charge in [0.2, 0.25) is 0 Å². The van der Waals surface area contributed by atoms with Crippen LogP contribution in [-0.2, 0) is 0 Å². The highest BCUT2D eigenvalue weighted by atomic mass is 15.2. The highest BCUT2D eigenvalue weighted by Gasteiger charge is 2.19. The van der Waals surface area contributed by atoms with E-state index in [9.17, 15) is 0 Å². The Kier molecular flexibility index (Phi) is 6.26. The molecule has 1 N–H and O–H groups in total. The van der Waals surface area contributed by atoms with Crippen LogP contribution in [0.2, 0.25) is 0 Å². The lowest BCUT2D eigenvalue weighted by molar-refractivity contribution is 0.189. The Morgan fingerprint density at radius 1 is 1.33 bits per heavy atom. The second kappa shape index (κ2) is 7.24. The second-order valence-electron chi connectivity index (χ2n) is 4.97. The number of rotatable bonds is 5. The largest absolute Gasteiger partial charge is 0.316 e. The van der Waals surface area contributed by atoms with Crippen molar-refractivity contribution in [3.63, 3.8) is 0 Å². The molecule has 1 fully saturated rings. The molecule has 2 heteroatoms. The zero-order valence-electron chi connectivity index (χ0n) is 10.8. The van der Waals surface area contributed by atoms with Crippen molar-refractivity contribution in [2.24, 2.45) is 0 Å². The smallest absolute Gasteiger partial charge is 0.0192 e. The van der Waals surface area contributed by atoms with Gasteiger partial charge in [-0.3, -0.25) is 4.90 Å². The van der Waals surface area contributed by atoms with Crippen LogP contribution in [0.3, 0.4) is 0 Å². The van der Waals surface area contributed by atoms with Crippen LogP contribution in [0.1, 0.15) is 52.4 Å². The molecule has 1 aliphatic heterocycles. The van der Waals surface area contributed by atoms with E-state index >= 15 is 0 Å². The summed E-state index contributed by atoms with van der Waals surface area (Å²) >= 11 is 0. The van der Waals surface area contributed by atoms with Crippen molar-refractivity contribution < 1.29 is 0 Å². The molecule has 0 radical (unpaired) electrons. The molecule has 1 heterocycles. The SMILES string of the molecule is CCCC(CN1CCCCCC1C)NC. The standard InChI is InChI=1S/C13H28N2/c1-4-8-13(14-3)11-15-10-7-5-6-9-12(15)2/h12-14H,4-11H2,1-3H3. The summed E-state index contributed by atoms with van der Waals surface area (Å²) in [5.41, 5.74) is 0. The van der Waals surface area contributed by atoms with Gasteiger partial charge in [0.25, 0.3) is 0 Å². The number of likely N-dealkylation sites (N-methyl/N-ethyl adjacent to an activating group) is 1. The van der Waals surface area contributed by atoms with Crippen molar-refractivity contribution in [2.45, 2.75) is 64.5 Å². The molecule has 0 aromatic heterocycles. The third-order valence-corrected chi connectivity index (χ3v) is 3.69. The second-order valence-corrected chi connectivity index (χ2v) is 4.97. The van der Waals surface area contributed by atoms with Gasteiger partial charge in [0.05, 0.1) is 0 Å². The maximum atomic E-state index is 3.45. The summed E-state index contributed by atoms with van der Waals surface area (Å²) in [5.74, 6) is 0. The molecule has 0 saturated carbocycles. The lowest BCUT2D eigenvalue weighted by Gasteiger charge is -2.30. The Morgan fingerprint density at radius 3 is 2.80 bits per heavy atom. The average molecular weight is 212 g/mol. The molecule has 1 aliphatic rings. The Bertz CT molecular complexity index is 159. The Balaban J connectivity index is 2.38. The lowest BCUT2D eigenvalue weighted by Crippen LogP contribution is -2.43. The lowest BCUT2D eigenvalue weighted by atomic mass is 10.1. The van der Waals surface area contributed by atoms with Gasteiger partial charge in [-0.2, -0.15) is 0 Å². The first-order chi connectivity index (χ1) is 7.27. The van der Waals surface area contributed by atoms with Crippen LogP contribution in [0.4, 0.5) is 0 Å². The van der Waals surface area contributed by atoms with Gasteiger partial charge in [-0.25, -0.2) is 0 Å². The summed E-state index contributed by atoms with van der Waals surface area (Å²) in [7, 11) is 2.10. The number of likely N-dealkylation sites (tertiary alicyclic amines) is 1. The van der Waals surface area contributed by atoms with Crippen LogP contribution in [0, 0.1) is 0 Å². The fraction of sp³-hybridized carbons (Fsp3) is 1.00. The maximum absolute atomic E-state index is 3.45. The van der Waals surface area contributed by atoms with Gasteiger partial charge in [-0.05, 0) is 39.8 Å². The van der Waals surface area contributed by atoms with E-state index in [1.165, 1.54) is 51.6 Å². The molecule has 2 atom stereocenters. The molecule has 1 saturated heterocycles. The van der Waals surface area contributed by atoms with E-state index in [0.717, 1.165) is 6.04 Å². The van der Waals surface area contributed by atoms with Crippen molar-refractivity contribution in [3.8, 4) is 0 Å². The summed E-state index contributed by atoms with van der Waals surface area (Å²) in [6, 6.07) is 1.48. The first-order valence-corrected chi connectivity index (χ1v) is 6.69.